The van der Waals surface area contributed by atoms with Crippen LogP contribution in [0.5, 0.6) is 0 Å². The highest BCUT2D eigenvalue weighted by Crippen LogP contribution is 2.20. The lowest BCUT2D eigenvalue weighted by atomic mass is 10.0. The van der Waals surface area contributed by atoms with Gasteiger partial charge in [-0.1, -0.05) is 19.3 Å². The summed E-state index contributed by atoms with van der Waals surface area (Å²) in [7, 11) is 0. The van der Waals surface area contributed by atoms with Crippen molar-refractivity contribution in [1.29, 1.82) is 0 Å². The van der Waals surface area contributed by atoms with Crippen LogP contribution in [0.2, 0.25) is 0 Å². The van der Waals surface area contributed by atoms with Crippen LogP contribution in [-0.2, 0) is 4.74 Å². The molecule has 2 unspecified atom stereocenters. The summed E-state index contributed by atoms with van der Waals surface area (Å²) in [5.41, 5.74) is 0. The van der Waals surface area contributed by atoms with Crippen LogP contribution in [0, 0.1) is 0 Å². The van der Waals surface area contributed by atoms with E-state index >= 15 is 0 Å². The molecule has 1 heterocycles. The summed E-state index contributed by atoms with van der Waals surface area (Å²) in [5.74, 6) is 0. The molecule has 0 bridgehead atoms. The molecular weight excluding hydrogens is 264 g/mol. The van der Waals surface area contributed by atoms with Gasteiger partial charge in [-0.3, -0.25) is 0 Å². The van der Waals surface area contributed by atoms with Crippen molar-refractivity contribution in [3.63, 3.8) is 0 Å². The lowest BCUT2D eigenvalue weighted by Crippen LogP contribution is -2.39. The number of likely N-dealkylation sites (tertiary alicyclic amines) is 1. The Morgan fingerprint density at radius 1 is 1.19 bits per heavy atom. The van der Waals surface area contributed by atoms with Crippen molar-refractivity contribution in [1.82, 2.24) is 10.2 Å². The number of ether oxygens (including phenoxy) is 1. The molecule has 1 aliphatic heterocycles. The molecule has 1 aliphatic carbocycles. The maximum absolute atomic E-state index is 9.90. The second kappa shape index (κ2) is 9.78. The molecule has 0 spiro atoms. The molecule has 0 aromatic carbocycles. The zero-order chi connectivity index (χ0) is 14.9. The van der Waals surface area contributed by atoms with Crippen LogP contribution < -0.4 is 5.32 Å². The number of aliphatic hydroxyl groups excluding tert-OH is 1. The molecule has 2 rings (SSSR count). The predicted octanol–water partition coefficient (Wildman–Crippen LogP) is 2.16. The maximum atomic E-state index is 9.90. The molecule has 1 saturated carbocycles. The third-order valence-electron chi connectivity index (χ3n) is 4.95. The Morgan fingerprint density at radius 3 is 2.71 bits per heavy atom. The molecule has 2 fully saturated rings. The van der Waals surface area contributed by atoms with Gasteiger partial charge in [-0.2, -0.15) is 0 Å². The van der Waals surface area contributed by atoms with Crippen molar-refractivity contribution in [2.24, 2.45) is 0 Å². The van der Waals surface area contributed by atoms with Crippen molar-refractivity contribution >= 4 is 0 Å². The zero-order valence-corrected chi connectivity index (χ0v) is 13.7. The average molecular weight is 298 g/mol. The highest BCUT2D eigenvalue weighted by atomic mass is 16.5. The van der Waals surface area contributed by atoms with Crippen LogP contribution in [-0.4, -0.2) is 61.0 Å². The monoisotopic (exact) mass is 298 g/mol. The molecule has 4 nitrogen and oxygen atoms in total. The lowest BCUT2D eigenvalue weighted by molar-refractivity contribution is -0.00541. The molecule has 0 amide bonds. The Morgan fingerprint density at radius 2 is 1.95 bits per heavy atom. The van der Waals surface area contributed by atoms with E-state index in [0.29, 0.717) is 19.3 Å². The van der Waals surface area contributed by atoms with Gasteiger partial charge in [-0.05, 0) is 58.7 Å². The minimum Gasteiger partial charge on any atom is -0.389 e. The molecule has 0 aromatic heterocycles. The van der Waals surface area contributed by atoms with Gasteiger partial charge in [0.1, 0.15) is 0 Å². The van der Waals surface area contributed by atoms with Crippen LogP contribution in [0.4, 0.5) is 0 Å². The summed E-state index contributed by atoms with van der Waals surface area (Å²) in [6.07, 6.45) is 10.2. The first-order valence-electron chi connectivity index (χ1n) is 9.00. The van der Waals surface area contributed by atoms with Crippen molar-refractivity contribution in [3.8, 4) is 0 Å². The molecule has 0 aromatic rings. The second-order valence-corrected chi connectivity index (χ2v) is 6.83. The van der Waals surface area contributed by atoms with Crippen molar-refractivity contribution in [3.05, 3.63) is 0 Å². The first-order chi connectivity index (χ1) is 10.3. The van der Waals surface area contributed by atoms with Gasteiger partial charge in [0.25, 0.3) is 0 Å². The topological polar surface area (TPSA) is 44.7 Å². The minimum absolute atomic E-state index is 0.362. The van der Waals surface area contributed by atoms with E-state index in [1.165, 1.54) is 64.5 Å². The molecule has 1 saturated heterocycles. The predicted molar refractivity (Wildman–Crippen MR) is 86.6 cm³/mol. The van der Waals surface area contributed by atoms with Crippen LogP contribution >= 0.6 is 0 Å². The largest absolute Gasteiger partial charge is 0.389 e. The van der Waals surface area contributed by atoms with Gasteiger partial charge in [-0.15, -0.1) is 0 Å². The highest BCUT2D eigenvalue weighted by Gasteiger charge is 2.18. The summed E-state index contributed by atoms with van der Waals surface area (Å²) in [5, 5.41) is 13.3. The molecule has 2 aliphatic rings. The van der Waals surface area contributed by atoms with E-state index in [2.05, 4.69) is 17.1 Å². The number of hydrogen-bond donors (Lipinski definition) is 2. The molecular formula is C17H34N2O2. The first kappa shape index (κ1) is 17.2. The van der Waals surface area contributed by atoms with Crippen LogP contribution in [0.15, 0.2) is 0 Å². The van der Waals surface area contributed by atoms with E-state index < -0.39 is 0 Å². The molecule has 0 radical (unpaired) electrons. The normalized spacial score (nSPS) is 26.3. The van der Waals surface area contributed by atoms with E-state index in [0.717, 1.165) is 12.6 Å². The van der Waals surface area contributed by atoms with Gasteiger partial charge in [0.15, 0.2) is 0 Å². The number of nitrogens with zero attached hydrogens (tertiary/aromatic N) is 1. The van der Waals surface area contributed by atoms with E-state index in [-0.39, 0.29) is 6.10 Å². The molecule has 21 heavy (non-hydrogen) atoms. The number of piperidine rings is 1. The van der Waals surface area contributed by atoms with Crippen LogP contribution in [0.25, 0.3) is 0 Å². The van der Waals surface area contributed by atoms with Gasteiger partial charge in [0.05, 0.1) is 18.8 Å². The Bertz CT molecular complexity index is 270. The summed E-state index contributed by atoms with van der Waals surface area (Å²) >= 11 is 0. The van der Waals surface area contributed by atoms with Gasteiger partial charge in [0, 0.05) is 12.6 Å². The fraction of sp³-hybridized carbons (Fsp3) is 1.00. The van der Waals surface area contributed by atoms with E-state index in [4.69, 9.17) is 4.74 Å². The Kier molecular flexibility index (Phi) is 8.01. The molecule has 124 valence electrons. The summed E-state index contributed by atoms with van der Waals surface area (Å²) in [6, 6.07) is 0.754. The lowest BCUT2D eigenvalue weighted by Gasteiger charge is -2.33. The number of aliphatic hydroxyl groups is 1. The fourth-order valence-electron chi connectivity index (χ4n) is 3.53. The van der Waals surface area contributed by atoms with E-state index in [1.807, 2.05) is 0 Å². The average Bonchev–Trinajstić information content (AvgIpc) is 3.00. The third kappa shape index (κ3) is 6.64. The van der Waals surface area contributed by atoms with Crippen LogP contribution in [0.1, 0.15) is 58.3 Å². The van der Waals surface area contributed by atoms with Gasteiger partial charge in [-0.25, -0.2) is 0 Å². The molecule has 4 heteroatoms. The smallest absolute Gasteiger partial charge is 0.0897 e. The van der Waals surface area contributed by atoms with Crippen molar-refractivity contribution in [2.45, 2.75) is 76.5 Å². The van der Waals surface area contributed by atoms with E-state index in [9.17, 15) is 5.11 Å². The number of hydrogen-bond acceptors (Lipinski definition) is 4. The Hall–Kier alpha value is -0.160. The van der Waals surface area contributed by atoms with Crippen molar-refractivity contribution < 1.29 is 9.84 Å². The third-order valence-corrected chi connectivity index (χ3v) is 4.95. The van der Waals surface area contributed by atoms with E-state index in [1.54, 1.807) is 0 Å². The Labute approximate surface area is 130 Å². The van der Waals surface area contributed by atoms with Crippen molar-refractivity contribution in [2.75, 3.05) is 32.8 Å². The van der Waals surface area contributed by atoms with Crippen LogP contribution in [0.3, 0.4) is 0 Å². The SMILES string of the molecule is CC1CCCCN1CCCNCC(O)COC1CCCC1. The fourth-order valence-corrected chi connectivity index (χ4v) is 3.53. The van der Waals surface area contributed by atoms with Gasteiger partial charge < -0.3 is 20.1 Å². The Balaban J connectivity index is 1.43. The minimum atomic E-state index is -0.362. The zero-order valence-electron chi connectivity index (χ0n) is 13.7. The summed E-state index contributed by atoms with van der Waals surface area (Å²) < 4.78 is 5.73. The molecule has 2 N–H and O–H groups in total. The number of rotatable bonds is 9. The summed E-state index contributed by atoms with van der Waals surface area (Å²) in [4.78, 5) is 2.60. The maximum Gasteiger partial charge on any atom is 0.0897 e. The quantitative estimate of drug-likeness (QED) is 0.640. The number of nitrogens with one attached hydrogen (secondary N) is 1. The first-order valence-corrected chi connectivity index (χ1v) is 9.00. The van der Waals surface area contributed by atoms with Gasteiger partial charge >= 0.3 is 0 Å². The van der Waals surface area contributed by atoms with Gasteiger partial charge in [0.2, 0.25) is 0 Å². The second-order valence-electron chi connectivity index (χ2n) is 6.83. The highest BCUT2D eigenvalue weighted by molar-refractivity contribution is 4.73. The standard InChI is InChI=1S/C17H34N2O2/c1-15-7-4-5-11-19(15)12-6-10-18-13-16(20)14-21-17-8-2-3-9-17/h15-18,20H,2-14H2,1H3. The summed E-state index contributed by atoms with van der Waals surface area (Å²) in [6.45, 7) is 6.92. The molecule has 2 atom stereocenters.